The van der Waals surface area contributed by atoms with Gasteiger partial charge >= 0.3 is 0 Å². The molecule has 4 rings (SSSR count). The van der Waals surface area contributed by atoms with Gasteiger partial charge in [-0.05, 0) is 37.8 Å². The molecule has 1 aromatic carbocycles. The molecule has 6 nitrogen and oxygen atoms in total. The number of aromatic amines is 1. The van der Waals surface area contributed by atoms with E-state index in [0.29, 0.717) is 5.25 Å². The zero-order chi connectivity index (χ0) is 18.8. The first-order valence-corrected chi connectivity index (χ1v) is 11.0. The van der Waals surface area contributed by atoms with Gasteiger partial charge in [0.1, 0.15) is 0 Å². The number of fused-ring (bicyclic) bond motifs is 1. The van der Waals surface area contributed by atoms with E-state index in [2.05, 4.69) is 20.9 Å². The van der Waals surface area contributed by atoms with Crippen LogP contribution in [0.3, 0.4) is 0 Å². The zero-order valence-electron chi connectivity index (χ0n) is 16.2. The van der Waals surface area contributed by atoms with Crippen LogP contribution in [0.15, 0.2) is 17.3 Å². The summed E-state index contributed by atoms with van der Waals surface area (Å²) in [6, 6.07) is 4.07. The number of anilines is 1. The van der Waals surface area contributed by atoms with E-state index in [-0.39, 0.29) is 37.5 Å². The van der Waals surface area contributed by atoms with Gasteiger partial charge in [-0.25, -0.2) is 4.98 Å². The Hall–Kier alpha value is -0.410. The van der Waals surface area contributed by atoms with Crippen LogP contribution in [0.5, 0.6) is 0 Å². The fourth-order valence-corrected chi connectivity index (χ4v) is 5.39. The third-order valence-electron chi connectivity index (χ3n) is 5.58. The Labute approximate surface area is 193 Å². The highest BCUT2D eigenvalue weighted by atomic mass is 35.5. The van der Waals surface area contributed by atoms with Gasteiger partial charge in [0.25, 0.3) is 0 Å². The Morgan fingerprint density at radius 2 is 1.79 bits per heavy atom. The van der Waals surface area contributed by atoms with E-state index < -0.39 is 0 Å². The fraction of sp³-hybridized carbons (Fsp3) is 0.632. The quantitative estimate of drug-likeness (QED) is 0.604. The molecule has 3 N–H and O–H groups in total. The van der Waals surface area contributed by atoms with Gasteiger partial charge in [-0.2, -0.15) is 0 Å². The van der Waals surface area contributed by atoms with Crippen molar-refractivity contribution < 1.29 is 10.2 Å². The highest BCUT2D eigenvalue weighted by Gasteiger charge is 2.23. The Morgan fingerprint density at radius 3 is 2.45 bits per heavy atom. The molecule has 1 aliphatic heterocycles. The molecule has 0 amide bonds. The summed E-state index contributed by atoms with van der Waals surface area (Å²) in [5, 5.41) is 21.0. The van der Waals surface area contributed by atoms with Gasteiger partial charge in [-0.15, -0.1) is 24.8 Å². The van der Waals surface area contributed by atoms with Crippen LogP contribution < -0.4 is 4.90 Å². The average molecular weight is 484 g/mol. The Morgan fingerprint density at radius 1 is 1.10 bits per heavy atom. The van der Waals surface area contributed by atoms with Gasteiger partial charge in [-0.1, -0.05) is 23.4 Å². The Balaban J connectivity index is 0.00000150. The first-order chi connectivity index (χ1) is 13.1. The molecule has 2 aromatic rings. The summed E-state index contributed by atoms with van der Waals surface area (Å²) in [6.07, 6.45) is 3.71. The van der Waals surface area contributed by atoms with Crippen molar-refractivity contribution in [2.75, 3.05) is 44.2 Å². The van der Waals surface area contributed by atoms with Gasteiger partial charge in [0.15, 0.2) is 5.16 Å². The number of imidazole rings is 1. The van der Waals surface area contributed by atoms with E-state index in [1.54, 1.807) is 11.8 Å². The van der Waals surface area contributed by atoms with Crippen LogP contribution in [-0.2, 0) is 0 Å². The third-order valence-corrected chi connectivity index (χ3v) is 7.10. The van der Waals surface area contributed by atoms with Crippen molar-refractivity contribution in [1.29, 1.82) is 0 Å². The second-order valence-corrected chi connectivity index (χ2v) is 9.16. The van der Waals surface area contributed by atoms with Gasteiger partial charge < -0.3 is 20.1 Å². The number of β-amino-alcohol motifs (C(OH)–C–C–N with tert-alkyl or cyclic N) is 1. The van der Waals surface area contributed by atoms with Crippen LogP contribution in [0.4, 0.5) is 5.69 Å². The molecule has 2 aliphatic rings. The molecule has 2 fully saturated rings. The molecule has 1 saturated carbocycles. The largest absolute Gasteiger partial charge is 0.395 e. The molecule has 1 aromatic heterocycles. The third kappa shape index (κ3) is 6.06. The number of hydrogen-bond donors (Lipinski definition) is 3. The number of aliphatic hydroxyl groups excluding tert-OH is 2. The number of rotatable bonds is 5. The van der Waals surface area contributed by atoms with Gasteiger partial charge in [-0.3, -0.25) is 4.90 Å². The number of halogens is 3. The predicted molar refractivity (Wildman–Crippen MR) is 125 cm³/mol. The van der Waals surface area contributed by atoms with Crippen molar-refractivity contribution in [3.05, 3.63) is 17.2 Å². The molecule has 0 atom stereocenters. The van der Waals surface area contributed by atoms with Gasteiger partial charge in [0.2, 0.25) is 0 Å². The zero-order valence-corrected chi connectivity index (χ0v) is 19.4. The average Bonchev–Trinajstić information content (AvgIpc) is 3.05. The van der Waals surface area contributed by atoms with Crippen LogP contribution >= 0.6 is 48.2 Å². The lowest BCUT2D eigenvalue weighted by atomic mass is 9.97. The molecule has 29 heavy (non-hydrogen) atoms. The molecule has 2 heterocycles. The number of aromatic nitrogens is 2. The number of benzene rings is 1. The van der Waals surface area contributed by atoms with Crippen molar-refractivity contribution in [2.45, 2.75) is 42.2 Å². The number of hydrogen-bond acceptors (Lipinski definition) is 6. The number of H-pyrrole nitrogens is 1. The number of nitrogens with one attached hydrogen (secondary N) is 1. The molecule has 1 aliphatic carbocycles. The molecular weight excluding hydrogens is 455 g/mol. The van der Waals surface area contributed by atoms with Gasteiger partial charge in [0, 0.05) is 38.0 Å². The van der Waals surface area contributed by atoms with Crippen molar-refractivity contribution in [3.8, 4) is 0 Å². The van der Waals surface area contributed by atoms with Crippen molar-refractivity contribution in [1.82, 2.24) is 14.9 Å². The molecule has 0 unspecified atom stereocenters. The second kappa shape index (κ2) is 11.3. The summed E-state index contributed by atoms with van der Waals surface area (Å²) in [7, 11) is 0. The lowest BCUT2D eigenvalue weighted by molar-refractivity contribution is 0.132. The predicted octanol–water partition coefficient (Wildman–Crippen LogP) is 3.57. The van der Waals surface area contributed by atoms with Crippen LogP contribution in [-0.4, -0.2) is 75.8 Å². The van der Waals surface area contributed by atoms with E-state index in [0.717, 1.165) is 85.3 Å². The molecular formula is C19H29Cl3N4O2S. The van der Waals surface area contributed by atoms with Crippen LogP contribution in [0.1, 0.15) is 25.7 Å². The van der Waals surface area contributed by atoms with Crippen molar-refractivity contribution in [2.24, 2.45) is 0 Å². The molecule has 0 bridgehead atoms. The lowest BCUT2D eigenvalue weighted by Gasteiger charge is -2.36. The Bertz CT molecular complexity index is 778. The molecule has 0 spiro atoms. The number of piperazine rings is 1. The number of aliphatic hydroxyl groups is 2. The standard InChI is InChI=1S/C19H27ClN4O2S.2ClH/c20-15-11-16-17(12-18(15)24-7-5-23(6-8-24)9-10-25)22-19(21-16)27-14-3-1-13(26)2-4-14;;/h11-14,25-26H,1-10H2,(H,21,22);2*1H. The van der Waals surface area contributed by atoms with E-state index in [9.17, 15) is 5.11 Å². The minimum atomic E-state index is -0.128. The fourth-order valence-electron chi connectivity index (χ4n) is 3.97. The first kappa shape index (κ1) is 24.9. The second-order valence-electron chi connectivity index (χ2n) is 7.46. The van der Waals surface area contributed by atoms with E-state index >= 15 is 0 Å². The van der Waals surface area contributed by atoms with Crippen molar-refractivity contribution in [3.63, 3.8) is 0 Å². The first-order valence-electron chi connectivity index (χ1n) is 9.74. The SMILES string of the molecule is Cl.Cl.OCCN1CCN(c2cc3[nH]c(SC4CCC(O)CC4)nc3cc2Cl)CC1. The number of thioether (sulfide) groups is 1. The molecule has 164 valence electrons. The summed E-state index contributed by atoms with van der Waals surface area (Å²) < 4.78 is 0. The molecule has 0 radical (unpaired) electrons. The topological polar surface area (TPSA) is 75.6 Å². The molecule has 1 saturated heterocycles. The molecule has 10 heteroatoms. The number of nitrogens with zero attached hydrogens (tertiary/aromatic N) is 3. The maximum atomic E-state index is 9.67. The van der Waals surface area contributed by atoms with Gasteiger partial charge in [0.05, 0.1) is 34.5 Å². The van der Waals surface area contributed by atoms with E-state index in [4.69, 9.17) is 21.7 Å². The lowest BCUT2D eigenvalue weighted by Crippen LogP contribution is -2.47. The maximum absolute atomic E-state index is 9.67. The highest BCUT2D eigenvalue weighted by molar-refractivity contribution is 7.99. The Kier molecular flexibility index (Phi) is 9.67. The minimum Gasteiger partial charge on any atom is -0.395 e. The summed E-state index contributed by atoms with van der Waals surface area (Å²) in [5.74, 6) is 0. The normalized spacial score (nSPS) is 22.9. The summed E-state index contributed by atoms with van der Waals surface area (Å²) in [5.41, 5.74) is 2.97. The van der Waals surface area contributed by atoms with Crippen LogP contribution in [0, 0.1) is 0 Å². The van der Waals surface area contributed by atoms with E-state index in [1.807, 2.05) is 6.07 Å². The highest BCUT2D eigenvalue weighted by Crippen LogP contribution is 2.35. The smallest absolute Gasteiger partial charge is 0.166 e. The van der Waals surface area contributed by atoms with Crippen molar-refractivity contribution >= 4 is 64.9 Å². The van der Waals surface area contributed by atoms with Crippen LogP contribution in [0.2, 0.25) is 5.02 Å². The summed E-state index contributed by atoms with van der Waals surface area (Å²) in [6.45, 7) is 4.64. The maximum Gasteiger partial charge on any atom is 0.166 e. The summed E-state index contributed by atoms with van der Waals surface area (Å²) >= 11 is 8.35. The van der Waals surface area contributed by atoms with E-state index in [1.165, 1.54) is 0 Å². The van der Waals surface area contributed by atoms with Crippen LogP contribution in [0.25, 0.3) is 11.0 Å². The monoisotopic (exact) mass is 482 g/mol. The summed E-state index contributed by atoms with van der Waals surface area (Å²) in [4.78, 5) is 12.7. The minimum absolute atomic E-state index is 0.